The molecular formula is C26H21F4N3O3S. The van der Waals surface area contributed by atoms with Gasteiger partial charge in [0.15, 0.2) is 0 Å². The van der Waals surface area contributed by atoms with E-state index in [0.717, 1.165) is 27.9 Å². The van der Waals surface area contributed by atoms with Crippen LogP contribution in [0.3, 0.4) is 0 Å². The zero-order valence-electron chi connectivity index (χ0n) is 19.2. The molecule has 2 N–H and O–H groups in total. The monoisotopic (exact) mass is 531 g/mol. The van der Waals surface area contributed by atoms with Gasteiger partial charge in [-0.3, -0.25) is 9.59 Å². The van der Waals surface area contributed by atoms with Gasteiger partial charge in [-0.05, 0) is 54.6 Å². The number of nitrogens with zero attached hydrogens (tertiary/aromatic N) is 1. The Hall–Kier alpha value is -3.99. The molecule has 0 fully saturated rings. The van der Waals surface area contributed by atoms with Crippen molar-refractivity contribution in [3.63, 3.8) is 0 Å². The van der Waals surface area contributed by atoms with Crippen LogP contribution in [0.1, 0.15) is 10.4 Å². The maximum atomic E-state index is 13.1. The molecule has 11 heteroatoms. The summed E-state index contributed by atoms with van der Waals surface area (Å²) in [5, 5.41) is 6.40. The summed E-state index contributed by atoms with van der Waals surface area (Å²) in [6, 6.07) is 17.8. The Morgan fingerprint density at radius 3 is 2.35 bits per heavy atom. The molecule has 0 unspecified atom stereocenters. The number of para-hydroxylation sites is 1. The summed E-state index contributed by atoms with van der Waals surface area (Å²) in [5.74, 6) is -1.33. The maximum Gasteiger partial charge on any atom is 0.573 e. The average Bonchev–Trinajstić information content (AvgIpc) is 3.21. The second-order valence-electron chi connectivity index (χ2n) is 7.88. The number of anilines is 1. The van der Waals surface area contributed by atoms with Crippen LogP contribution < -0.4 is 15.4 Å². The third-order valence-corrected chi connectivity index (χ3v) is 6.27. The number of thioether (sulfide) groups is 1. The fourth-order valence-electron chi connectivity index (χ4n) is 3.59. The number of hydrogen-bond donors (Lipinski definition) is 2. The first kappa shape index (κ1) is 26.1. The highest BCUT2D eigenvalue weighted by molar-refractivity contribution is 8.00. The van der Waals surface area contributed by atoms with E-state index in [0.29, 0.717) is 24.3 Å². The number of fused-ring (bicyclic) bond motifs is 1. The van der Waals surface area contributed by atoms with Crippen molar-refractivity contribution in [3.05, 3.63) is 90.4 Å². The summed E-state index contributed by atoms with van der Waals surface area (Å²) in [6.45, 7) is 0.820. The lowest BCUT2D eigenvalue weighted by molar-refractivity contribution is -0.274. The Kier molecular flexibility index (Phi) is 8.02. The molecule has 0 aliphatic carbocycles. The lowest BCUT2D eigenvalue weighted by Crippen LogP contribution is -2.27. The van der Waals surface area contributed by atoms with Crippen molar-refractivity contribution >= 4 is 40.2 Å². The van der Waals surface area contributed by atoms with Crippen molar-refractivity contribution in [2.75, 3.05) is 17.6 Å². The van der Waals surface area contributed by atoms with Gasteiger partial charge in [-0.15, -0.1) is 24.9 Å². The molecule has 1 aromatic heterocycles. The van der Waals surface area contributed by atoms with E-state index >= 15 is 0 Å². The molecule has 0 aliphatic rings. The second kappa shape index (κ2) is 11.4. The number of carbonyl (C=O) groups is 2. The molecule has 0 saturated heterocycles. The van der Waals surface area contributed by atoms with Crippen molar-refractivity contribution in [2.45, 2.75) is 17.8 Å². The van der Waals surface area contributed by atoms with Gasteiger partial charge >= 0.3 is 6.36 Å². The summed E-state index contributed by atoms with van der Waals surface area (Å²) in [4.78, 5) is 25.6. The van der Waals surface area contributed by atoms with Crippen molar-refractivity contribution in [3.8, 4) is 5.75 Å². The molecule has 0 saturated carbocycles. The second-order valence-corrected chi connectivity index (χ2v) is 8.89. The molecule has 6 nitrogen and oxygen atoms in total. The first-order chi connectivity index (χ1) is 17.7. The van der Waals surface area contributed by atoms with Crippen LogP contribution in [0.15, 0.2) is 83.9 Å². The quantitative estimate of drug-likeness (QED) is 0.210. The lowest BCUT2D eigenvalue weighted by Gasteiger charge is -2.10. The Bertz CT molecular complexity index is 1390. The van der Waals surface area contributed by atoms with E-state index in [1.165, 1.54) is 48.2 Å². The molecule has 3 aromatic carbocycles. The highest BCUT2D eigenvalue weighted by Gasteiger charge is 2.31. The first-order valence-corrected chi connectivity index (χ1v) is 12.1. The van der Waals surface area contributed by atoms with Gasteiger partial charge in [0.05, 0.1) is 5.75 Å². The van der Waals surface area contributed by atoms with E-state index in [1.54, 1.807) is 0 Å². The topological polar surface area (TPSA) is 72.4 Å². The number of amides is 2. The minimum atomic E-state index is -4.78. The number of hydrogen-bond acceptors (Lipinski definition) is 4. The average molecular weight is 532 g/mol. The number of benzene rings is 3. The number of alkyl halides is 3. The fourth-order valence-corrected chi connectivity index (χ4v) is 4.48. The molecule has 0 radical (unpaired) electrons. The van der Waals surface area contributed by atoms with E-state index in [1.807, 2.05) is 35.0 Å². The zero-order valence-corrected chi connectivity index (χ0v) is 20.0. The Morgan fingerprint density at radius 1 is 0.946 bits per heavy atom. The number of ether oxygens (including phenoxy) is 1. The Labute approximate surface area is 213 Å². The van der Waals surface area contributed by atoms with Crippen molar-refractivity contribution in [2.24, 2.45) is 0 Å². The SMILES string of the molecule is O=C(CSc1cn(CCNC(=O)c2ccc(F)cc2)c2ccccc12)Nc1ccc(OC(F)(F)F)cc1. The van der Waals surface area contributed by atoms with Crippen molar-refractivity contribution < 1.29 is 31.9 Å². The maximum absolute atomic E-state index is 13.1. The summed E-state index contributed by atoms with van der Waals surface area (Å²) >= 11 is 1.32. The molecule has 2 amide bonds. The molecule has 1 heterocycles. The van der Waals surface area contributed by atoms with Crippen molar-refractivity contribution in [1.29, 1.82) is 0 Å². The molecule has 0 bridgehead atoms. The van der Waals surface area contributed by atoms with Gasteiger partial charge < -0.3 is 19.9 Å². The number of nitrogens with one attached hydrogen (secondary N) is 2. The highest BCUT2D eigenvalue weighted by atomic mass is 32.2. The van der Waals surface area contributed by atoms with Crippen LogP contribution in [0.4, 0.5) is 23.2 Å². The van der Waals surface area contributed by atoms with E-state index in [4.69, 9.17) is 0 Å². The van der Waals surface area contributed by atoms with Crippen molar-refractivity contribution in [1.82, 2.24) is 9.88 Å². The molecule has 4 aromatic rings. The number of rotatable bonds is 9. The van der Waals surface area contributed by atoms with Crippen LogP contribution in [0.2, 0.25) is 0 Å². The van der Waals surface area contributed by atoms with Crippen LogP contribution in [0.25, 0.3) is 10.9 Å². The predicted molar refractivity (Wildman–Crippen MR) is 133 cm³/mol. The first-order valence-electron chi connectivity index (χ1n) is 11.1. The van der Waals surface area contributed by atoms with Crippen LogP contribution in [0.5, 0.6) is 5.75 Å². The van der Waals surface area contributed by atoms with E-state index in [2.05, 4.69) is 15.4 Å². The largest absolute Gasteiger partial charge is 0.573 e. The Morgan fingerprint density at radius 2 is 1.65 bits per heavy atom. The third kappa shape index (κ3) is 7.26. The summed E-state index contributed by atoms with van der Waals surface area (Å²) < 4.78 is 55.7. The lowest BCUT2D eigenvalue weighted by atomic mass is 10.2. The van der Waals surface area contributed by atoms with Gasteiger partial charge in [0, 0.05) is 46.3 Å². The summed E-state index contributed by atoms with van der Waals surface area (Å²) in [5.41, 5.74) is 1.64. The number of aromatic nitrogens is 1. The number of carbonyl (C=O) groups excluding carboxylic acids is 2. The molecule has 37 heavy (non-hydrogen) atoms. The van der Waals surface area contributed by atoms with Gasteiger partial charge in [0.1, 0.15) is 11.6 Å². The molecule has 0 aliphatic heterocycles. The predicted octanol–water partition coefficient (Wildman–Crippen LogP) is 5.84. The van der Waals surface area contributed by atoms with Gasteiger partial charge in [-0.2, -0.15) is 0 Å². The van der Waals surface area contributed by atoms with Crippen LogP contribution in [-0.4, -0.2) is 35.0 Å². The van der Waals surface area contributed by atoms with E-state index in [9.17, 15) is 27.2 Å². The standard InChI is InChI=1S/C26H21F4N3O3S/c27-18-7-5-17(6-8-18)25(35)31-13-14-33-15-23(21-3-1-2-4-22(21)33)37-16-24(34)32-19-9-11-20(12-10-19)36-26(28,29)30/h1-12,15H,13-14,16H2,(H,31,35)(H,32,34). The molecular weight excluding hydrogens is 510 g/mol. The smallest absolute Gasteiger partial charge is 0.406 e. The zero-order chi connectivity index (χ0) is 26.4. The molecule has 192 valence electrons. The van der Waals surface area contributed by atoms with Gasteiger partial charge in [-0.1, -0.05) is 18.2 Å². The van der Waals surface area contributed by atoms with Gasteiger partial charge in [0.25, 0.3) is 5.91 Å². The van der Waals surface area contributed by atoms with Gasteiger partial charge in [0.2, 0.25) is 5.91 Å². The minimum absolute atomic E-state index is 0.0795. The Balaban J connectivity index is 1.34. The van der Waals surface area contributed by atoms with Gasteiger partial charge in [-0.25, -0.2) is 4.39 Å². The summed E-state index contributed by atoms with van der Waals surface area (Å²) in [7, 11) is 0. The normalized spacial score (nSPS) is 11.4. The number of halogens is 4. The van der Waals surface area contributed by atoms with Crippen LogP contribution in [0, 0.1) is 5.82 Å². The third-order valence-electron chi connectivity index (χ3n) is 5.23. The minimum Gasteiger partial charge on any atom is -0.406 e. The molecule has 0 spiro atoms. The van der Waals surface area contributed by atoms with Crippen LogP contribution in [-0.2, 0) is 11.3 Å². The highest BCUT2D eigenvalue weighted by Crippen LogP contribution is 2.30. The summed E-state index contributed by atoms with van der Waals surface area (Å²) in [6.07, 6.45) is -2.88. The van der Waals surface area contributed by atoms with E-state index in [-0.39, 0.29) is 23.3 Å². The fraction of sp³-hybridized carbons (Fsp3) is 0.154. The van der Waals surface area contributed by atoms with Crippen LogP contribution >= 0.6 is 11.8 Å². The molecule has 4 rings (SSSR count). The molecule has 0 atom stereocenters. The van der Waals surface area contributed by atoms with E-state index < -0.39 is 12.2 Å².